The minimum absolute atomic E-state index is 0.107. The molecule has 1 fully saturated rings. The average molecular weight is 421 g/mol. The van der Waals surface area contributed by atoms with Gasteiger partial charge in [-0.25, -0.2) is 4.98 Å². The van der Waals surface area contributed by atoms with E-state index in [9.17, 15) is 27.6 Å². The van der Waals surface area contributed by atoms with Crippen LogP contribution in [0.4, 0.5) is 19.0 Å². The molecule has 12 heteroatoms. The molecule has 1 saturated heterocycles. The van der Waals surface area contributed by atoms with E-state index in [-0.39, 0.29) is 50.7 Å². The molecule has 0 spiro atoms. The van der Waals surface area contributed by atoms with Crippen molar-refractivity contribution in [1.82, 2.24) is 14.8 Å². The van der Waals surface area contributed by atoms with E-state index in [1.807, 2.05) is 0 Å². The van der Waals surface area contributed by atoms with Gasteiger partial charge in [-0.05, 0) is 6.92 Å². The number of aromatic nitrogens is 1. The Morgan fingerprint density at radius 2 is 1.89 bits per heavy atom. The van der Waals surface area contributed by atoms with E-state index in [0.717, 1.165) is 4.90 Å². The lowest BCUT2D eigenvalue weighted by atomic mass is 10.2. The number of anilines is 1. The van der Waals surface area contributed by atoms with Crippen LogP contribution in [0.2, 0.25) is 0 Å². The Bertz CT molecular complexity index is 690. The van der Waals surface area contributed by atoms with Crippen molar-refractivity contribution in [2.75, 3.05) is 37.6 Å². The summed E-state index contributed by atoms with van der Waals surface area (Å²) in [5, 5.41) is 1.60. The molecule has 1 aliphatic heterocycles. The zero-order valence-corrected chi connectivity index (χ0v) is 16.1. The molecule has 0 saturated carbocycles. The number of thiazole rings is 1. The lowest BCUT2D eigenvalue weighted by Gasteiger charge is -2.35. The Morgan fingerprint density at radius 1 is 1.25 bits per heavy atom. The third-order valence-corrected chi connectivity index (χ3v) is 4.99. The lowest BCUT2D eigenvalue weighted by molar-refractivity contribution is -0.152. The van der Waals surface area contributed by atoms with Crippen molar-refractivity contribution >= 4 is 34.9 Å². The first-order valence-corrected chi connectivity index (χ1v) is 9.59. The van der Waals surface area contributed by atoms with Crippen molar-refractivity contribution in [3.05, 3.63) is 10.9 Å². The monoisotopic (exact) mass is 421 g/mol. The minimum Gasteiger partial charge on any atom is -0.368 e. The number of amides is 3. The maximum absolute atomic E-state index is 12.6. The van der Waals surface area contributed by atoms with Crippen molar-refractivity contribution in [2.45, 2.75) is 32.0 Å². The zero-order valence-electron chi connectivity index (χ0n) is 15.3. The van der Waals surface area contributed by atoms with Crippen LogP contribution in [0.1, 0.15) is 19.8 Å². The van der Waals surface area contributed by atoms with Crippen molar-refractivity contribution < 1.29 is 27.6 Å². The third kappa shape index (κ3) is 6.16. The van der Waals surface area contributed by atoms with E-state index in [1.165, 1.54) is 33.6 Å². The Kier molecular flexibility index (Phi) is 7.35. The van der Waals surface area contributed by atoms with Crippen LogP contribution in [-0.2, 0) is 14.4 Å². The molecular weight excluding hydrogens is 399 g/mol. The van der Waals surface area contributed by atoms with Crippen LogP contribution in [0.5, 0.6) is 0 Å². The summed E-state index contributed by atoms with van der Waals surface area (Å²) in [5.41, 5.74) is 6.80. The van der Waals surface area contributed by atoms with Crippen LogP contribution in [0.15, 0.2) is 10.9 Å². The van der Waals surface area contributed by atoms with Crippen LogP contribution in [0.25, 0.3) is 0 Å². The number of halogens is 3. The van der Waals surface area contributed by atoms with Crippen LogP contribution in [-0.4, -0.2) is 77.4 Å². The zero-order chi connectivity index (χ0) is 20.9. The maximum Gasteiger partial charge on any atom is 0.401 e. The van der Waals surface area contributed by atoms with Gasteiger partial charge in [0.25, 0.3) is 0 Å². The number of hydrogen-bond acceptors (Lipinski definition) is 6. The number of rotatable bonds is 7. The number of carbonyl (C=O) groups is 3. The van der Waals surface area contributed by atoms with Gasteiger partial charge in [0.2, 0.25) is 17.7 Å². The summed E-state index contributed by atoms with van der Waals surface area (Å²) in [7, 11) is 0. The molecule has 1 atom stereocenters. The molecule has 0 aliphatic carbocycles. The van der Waals surface area contributed by atoms with Gasteiger partial charge in [0.1, 0.15) is 11.9 Å². The fourth-order valence-electron chi connectivity index (χ4n) is 2.90. The molecule has 0 unspecified atom stereocenters. The standard InChI is InChI=1S/C16H22F3N5O3S/c1-11(15(20)27)24(12-8-28-10-21-12)14(26)3-2-13(25)23-6-4-22(5-7-23)9-16(17,18)19/h8,10-11H,2-7,9H2,1H3,(H2,20,27)/t11-/m0/s1. The molecular formula is C16H22F3N5O3S. The molecule has 1 aliphatic rings. The molecule has 156 valence electrons. The van der Waals surface area contributed by atoms with Gasteiger partial charge in [0.05, 0.1) is 12.1 Å². The van der Waals surface area contributed by atoms with Crippen molar-refractivity contribution in [1.29, 1.82) is 0 Å². The van der Waals surface area contributed by atoms with Crippen LogP contribution in [0, 0.1) is 0 Å². The second kappa shape index (κ2) is 9.32. The van der Waals surface area contributed by atoms with Crippen molar-refractivity contribution in [2.24, 2.45) is 5.73 Å². The molecule has 2 heterocycles. The van der Waals surface area contributed by atoms with Crippen LogP contribution < -0.4 is 10.6 Å². The molecule has 0 bridgehead atoms. The summed E-state index contributed by atoms with van der Waals surface area (Å²) in [4.78, 5) is 44.3. The summed E-state index contributed by atoms with van der Waals surface area (Å²) in [6.07, 6.45) is -4.53. The SMILES string of the molecule is C[C@@H](C(N)=O)N(C(=O)CCC(=O)N1CCN(CC(F)(F)F)CC1)c1cscn1. The molecule has 8 nitrogen and oxygen atoms in total. The van der Waals surface area contributed by atoms with Gasteiger partial charge in [-0.1, -0.05) is 0 Å². The molecule has 28 heavy (non-hydrogen) atoms. The summed E-state index contributed by atoms with van der Waals surface area (Å²) >= 11 is 1.25. The van der Waals surface area contributed by atoms with Crippen molar-refractivity contribution in [3.8, 4) is 0 Å². The quantitative estimate of drug-likeness (QED) is 0.703. The predicted octanol–water partition coefficient (Wildman–Crippen LogP) is 0.837. The second-order valence-electron chi connectivity index (χ2n) is 6.46. The van der Waals surface area contributed by atoms with E-state index in [0.29, 0.717) is 0 Å². The number of nitrogens with two attached hydrogens (primary N) is 1. The molecule has 1 aromatic rings. The highest BCUT2D eigenvalue weighted by Crippen LogP contribution is 2.20. The minimum atomic E-state index is -4.27. The molecule has 3 amide bonds. The molecule has 2 rings (SSSR count). The highest BCUT2D eigenvalue weighted by atomic mass is 32.1. The number of alkyl halides is 3. The highest BCUT2D eigenvalue weighted by molar-refractivity contribution is 7.07. The lowest BCUT2D eigenvalue weighted by Crippen LogP contribution is -2.51. The summed E-state index contributed by atoms with van der Waals surface area (Å²) < 4.78 is 37.3. The van der Waals surface area contributed by atoms with Gasteiger partial charge < -0.3 is 10.6 Å². The van der Waals surface area contributed by atoms with Crippen LogP contribution >= 0.6 is 11.3 Å². The number of carbonyl (C=O) groups excluding carboxylic acids is 3. The molecule has 0 radical (unpaired) electrons. The number of nitrogens with zero attached hydrogens (tertiary/aromatic N) is 4. The number of piperazine rings is 1. The Balaban J connectivity index is 1.87. The fraction of sp³-hybridized carbons (Fsp3) is 0.625. The topological polar surface area (TPSA) is 99.8 Å². The Labute approximate surface area is 164 Å². The largest absolute Gasteiger partial charge is 0.401 e. The fourth-order valence-corrected chi connectivity index (χ4v) is 3.42. The van der Waals surface area contributed by atoms with E-state index < -0.39 is 30.6 Å². The van der Waals surface area contributed by atoms with E-state index in [1.54, 1.807) is 5.38 Å². The van der Waals surface area contributed by atoms with Gasteiger partial charge in [-0.2, -0.15) is 13.2 Å². The van der Waals surface area contributed by atoms with E-state index >= 15 is 0 Å². The normalized spacial score (nSPS) is 16.6. The Hall–Kier alpha value is -2.21. The van der Waals surface area contributed by atoms with Gasteiger partial charge in [-0.15, -0.1) is 11.3 Å². The molecule has 2 N–H and O–H groups in total. The molecule has 1 aromatic heterocycles. The van der Waals surface area contributed by atoms with Gasteiger partial charge in [0.15, 0.2) is 0 Å². The highest BCUT2D eigenvalue weighted by Gasteiger charge is 2.33. The van der Waals surface area contributed by atoms with Gasteiger partial charge in [-0.3, -0.25) is 24.2 Å². The average Bonchev–Trinajstić information content (AvgIpc) is 3.13. The first-order valence-electron chi connectivity index (χ1n) is 8.65. The maximum atomic E-state index is 12.6. The van der Waals surface area contributed by atoms with Gasteiger partial charge in [0, 0.05) is 44.4 Å². The predicted molar refractivity (Wildman–Crippen MR) is 96.6 cm³/mol. The van der Waals surface area contributed by atoms with E-state index in [4.69, 9.17) is 5.73 Å². The summed E-state index contributed by atoms with van der Waals surface area (Å²) in [6, 6.07) is -0.921. The molecule has 0 aromatic carbocycles. The van der Waals surface area contributed by atoms with Gasteiger partial charge >= 0.3 is 6.18 Å². The first kappa shape index (κ1) is 22.1. The third-order valence-electron chi connectivity index (χ3n) is 4.41. The van der Waals surface area contributed by atoms with Crippen LogP contribution in [0.3, 0.4) is 0 Å². The number of primary amides is 1. The Morgan fingerprint density at radius 3 is 2.39 bits per heavy atom. The van der Waals surface area contributed by atoms with Crippen molar-refractivity contribution in [3.63, 3.8) is 0 Å². The van der Waals surface area contributed by atoms with E-state index in [2.05, 4.69) is 4.98 Å². The smallest absolute Gasteiger partial charge is 0.368 e. The first-order chi connectivity index (χ1) is 13.1. The summed E-state index contributed by atoms with van der Waals surface area (Å²) in [6.45, 7) is 1.08. The second-order valence-corrected chi connectivity index (χ2v) is 7.18. The number of hydrogen-bond donors (Lipinski definition) is 1. The summed E-state index contributed by atoms with van der Waals surface area (Å²) in [5.74, 6) is -1.20.